The van der Waals surface area contributed by atoms with Gasteiger partial charge in [-0.1, -0.05) is 6.92 Å². The molecule has 0 unspecified atom stereocenters. The number of nitrogens with one attached hydrogen (secondary N) is 1. The van der Waals surface area contributed by atoms with Crippen LogP contribution in [0, 0.1) is 18.3 Å². The van der Waals surface area contributed by atoms with Gasteiger partial charge in [0.2, 0.25) is 5.88 Å². The molecule has 10 heteroatoms. The molecule has 1 N–H and O–H groups in total. The van der Waals surface area contributed by atoms with Gasteiger partial charge in [-0.05, 0) is 45.1 Å². The van der Waals surface area contributed by atoms with Crippen molar-refractivity contribution in [3.05, 3.63) is 48.6 Å². The van der Waals surface area contributed by atoms with E-state index in [4.69, 9.17) is 9.84 Å². The number of rotatable bonds is 7. The van der Waals surface area contributed by atoms with E-state index in [1.807, 2.05) is 42.3 Å². The van der Waals surface area contributed by atoms with Crippen molar-refractivity contribution in [2.75, 3.05) is 13.1 Å². The highest BCUT2D eigenvalue weighted by Crippen LogP contribution is 2.38. The quantitative estimate of drug-likeness (QED) is 0.409. The normalized spacial score (nSPS) is 21.4. The van der Waals surface area contributed by atoms with E-state index in [1.54, 1.807) is 6.33 Å². The fraction of sp³-hybridized carbons (Fsp3) is 0.481. The molecule has 190 valence electrons. The topological polar surface area (TPSA) is 121 Å². The zero-order chi connectivity index (χ0) is 25.4. The maximum atomic E-state index is 9.63. The second kappa shape index (κ2) is 9.56. The number of ether oxygens (including phenoxy) is 1. The van der Waals surface area contributed by atoms with Gasteiger partial charge in [-0.3, -0.25) is 9.58 Å². The van der Waals surface area contributed by atoms with Crippen LogP contribution in [-0.2, 0) is 12.0 Å². The van der Waals surface area contributed by atoms with Gasteiger partial charge < -0.3 is 9.72 Å². The first-order chi connectivity index (χ1) is 18.1. The number of aryl methyl sites for hydroxylation is 2. The molecule has 10 nitrogen and oxygen atoms in total. The van der Waals surface area contributed by atoms with Crippen LogP contribution in [0.2, 0.25) is 0 Å². The van der Waals surface area contributed by atoms with Crippen LogP contribution in [0.25, 0.3) is 22.3 Å². The second-order valence-electron chi connectivity index (χ2n) is 10.2. The van der Waals surface area contributed by atoms with Crippen LogP contribution in [0.4, 0.5) is 0 Å². The van der Waals surface area contributed by atoms with Gasteiger partial charge in [0.1, 0.15) is 29.4 Å². The standard InChI is InChI=1S/C27H31N9O/c1-3-20-12-24(34-18(2)33-20)37-22-6-4-21(5-7-22)35-15-27(16-35,9-10-28)36-14-19(13-32-36)25-23-8-11-29-26(23)31-17-30-25/h8,11-14,17,21-22H,3-7,9,15-16H2,1-2H3,(H,29,30,31)/t21-,22+. The Morgan fingerprint density at radius 3 is 2.81 bits per heavy atom. The van der Waals surface area contributed by atoms with Gasteiger partial charge >= 0.3 is 0 Å². The third kappa shape index (κ3) is 4.44. The molecule has 1 saturated carbocycles. The minimum absolute atomic E-state index is 0.187. The van der Waals surface area contributed by atoms with Crippen molar-refractivity contribution in [2.45, 2.75) is 70.1 Å². The molecule has 0 amide bonds. The molecule has 0 radical (unpaired) electrons. The van der Waals surface area contributed by atoms with Gasteiger partial charge in [0, 0.05) is 54.2 Å². The lowest BCUT2D eigenvalue weighted by Gasteiger charge is -2.53. The van der Waals surface area contributed by atoms with Crippen molar-refractivity contribution in [3.8, 4) is 23.2 Å². The third-order valence-corrected chi connectivity index (χ3v) is 7.78. The number of fused-ring (bicyclic) bond motifs is 1. The Morgan fingerprint density at radius 2 is 2.03 bits per heavy atom. The molecule has 1 saturated heterocycles. The van der Waals surface area contributed by atoms with Crippen LogP contribution >= 0.6 is 0 Å². The van der Waals surface area contributed by atoms with Crippen LogP contribution in [0.1, 0.15) is 50.5 Å². The van der Waals surface area contributed by atoms with E-state index in [9.17, 15) is 5.26 Å². The fourth-order valence-electron chi connectivity index (χ4n) is 5.80. The largest absolute Gasteiger partial charge is 0.474 e. The van der Waals surface area contributed by atoms with Crippen molar-refractivity contribution >= 4 is 11.0 Å². The lowest BCUT2D eigenvalue weighted by Crippen LogP contribution is -2.65. The van der Waals surface area contributed by atoms with Gasteiger partial charge in [0.25, 0.3) is 0 Å². The number of aromatic nitrogens is 7. The first kappa shape index (κ1) is 23.6. The minimum Gasteiger partial charge on any atom is -0.474 e. The predicted molar refractivity (Wildman–Crippen MR) is 138 cm³/mol. The van der Waals surface area contributed by atoms with E-state index in [0.29, 0.717) is 18.3 Å². The summed E-state index contributed by atoms with van der Waals surface area (Å²) < 4.78 is 8.22. The molecular weight excluding hydrogens is 466 g/mol. The molecule has 4 aromatic heterocycles. The Balaban J connectivity index is 1.10. The Bertz CT molecular complexity index is 1440. The van der Waals surface area contributed by atoms with Crippen LogP contribution in [-0.4, -0.2) is 64.8 Å². The molecule has 4 aromatic rings. The van der Waals surface area contributed by atoms with E-state index in [-0.39, 0.29) is 11.6 Å². The maximum absolute atomic E-state index is 9.63. The number of aromatic amines is 1. The molecule has 1 aliphatic carbocycles. The molecule has 5 heterocycles. The second-order valence-corrected chi connectivity index (χ2v) is 10.2. The van der Waals surface area contributed by atoms with E-state index in [0.717, 1.165) is 79.0 Å². The van der Waals surface area contributed by atoms with E-state index >= 15 is 0 Å². The number of H-pyrrole nitrogens is 1. The summed E-state index contributed by atoms with van der Waals surface area (Å²) in [5.41, 5.74) is 3.31. The fourth-order valence-corrected chi connectivity index (χ4v) is 5.80. The summed E-state index contributed by atoms with van der Waals surface area (Å²) in [5, 5.41) is 15.3. The molecule has 0 spiro atoms. The third-order valence-electron chi connectivity index (χ3n) is 7.78. The molecule has 2 fully saturated rings. The van der Waals surface area contributed by atoms with E-state index < -0.39 is 0 Å². The highest BCUT2D eigenvalue weighted by Gasteiger charge is 2.48. The Kier molecular flexibility index (Phi) is 6.08. The van der Waals surface area contributed by atoms with Gasteiger partial charge in [-0.15, -0.1) is 0 Å². The number of likely N-dealkylation sites (tertiary alicyclic amines) is 1. The first-order valence-electron chi connectivity index (χ1n) is 13.0. The van der Waals surface area contributed by atoms with Crippen LogP contribution in [0.5, 0.6) is 5.88 Å². The SMILES string of the molecule is CCc1cc(O[C@H]2CC[C@@H](N3CC(CC#N)(n4cc(-c5ncnc6[nH]ccc56)cn4)C3)CC2)nc(C)n1. The summed E-state index contributed by atoms with van der Waals surface area (Å²) in [5.74, 6) is 1.45. The smallest absolute Gasteiger partial charge is 0.217 e. The van der Waals surface area contributed by atoms with Crippen LogP contribution < -0.4 is 4.74 Å². The molecule has 6 rings (SSSR count). The lowest BCUT2D eigenvalue weighted by atomic mass is 9.82. The van der Waals surface area contributed by atoms with Crippen molar-refractivity contribution in [1.82, 2.24) is 39.6 Å². The molecule has 1 aliphatic heterocycles. The average molecular weight is 498 g/mol. The Hall–Kier alpha value is -3.84. The van der Waals surface area contributed by atoms with E-state index in [2.05, 4.69) is 42.8 Å². The summed E-state index contributed by atoms with van der Waals surface area (Å²) in [6.45, 7) is 5.66. The summed E-state index contributed by atoms with van der Waals surface area (Å²) >= 11 is 0. The summed E-state index contributed by atoms with van der Waals surface area (Å²) in [4.78, 5) is 23.3. The van der Waals surface area contributed by atoms with E-state index in [1.165, 1.54) is 0 Å². The van der Waals surface area contributed by atoms with Crippen molar-refractivity contribution < 1.29 is 4.74 Å². The average Bonchev–Trinajstić information content (AvgIpc) is 3.56. The van der Waals surface area contributed by atoms with Crippen molar-refractivity contribution in [3.63, 3.8) is 0 Å². The molecular formula is C27H31N9O. The lowest BCUT2D eigenvalue weighted by molar-refractivity contribution is -0.0445. The zero-order valence-corrected chi connectivity index (χ0v) is 21.3. The first-order valence-corrected chi connectivity index (χ1v) is 13.0. The molecule has 0 bridgehead atoms. The highest BCUT2D eigenvalue weighted by molar-refractivity contribution is 5.89. The molecule has 0 aromatic carbocycles. The Morgan fingerprint density at radius 1 is 1.19 bits per heavy atom. The number of nitrogens with zero attached hydrogens (tertiary/aromatic N) is 8. The van der Waals surface area contributed by atoms with Gasteiger partial charge in [-0.2, -0.15) is 15.3 Å². The maximum Gasteiger partial charge on any atom is 0.217 e. The number of nitriles is 1. The van der Waals surface area contributed by atoms with Crippen LogP contribution in [0.15, 0.2) is 37.1 Å². The number of hydrogen-bond acceptors (Lipinski definition) is 8. The summed E-state index contributed by atoms with van der Waals surface area (Å²) in [7, 11) is 0. The van der Waals surface area contributed by atoms with Gasteiger partial charge in [0.15, 0.2) is 0 Å². The predicted octanol–water partition coefficient (Wildman–Crippen LogP) is 3.80. The van der Waals surface area contributed by atoms with Gasteiger partial charge in [0.05, 0.1) is 24.4 Å². The minimum atomic E-state index is -0.306. The van der Waals surface area contributed by atoms with Crippen molar-refractivity contribution in [2.24, 2.45) is 0 Å². The Labute approximate surface area is 215 Å². The van der Waals surface area contributed by atoms with Crippen molar-refractivity contribution in [1.29, 1.82) is 5.26 Å². The summed E-state index contributed by atoms with van der Waals surface area (Å²) in [6, 6.07) is 6.85. The summed E-state index contributed by atoms with van der Waals surface area (Å²) in [6.07, 6.45) is 13.0. The number of hydrogen-bond donors (Lipinski definition) is 1. The highest BCUT2D eigenvalue weighted by atomic mass is 16.5. The molecule has 0 atom stereocenters. The van der Waals surface area contributed by atoms with Gasteiger partial charge in [-0.25, -0.2) is 15.0 Å². The van der Waals surface area contributed by atoms with Crippen LogP contribution in [0.3, 0.4) is 0 Å². The molecule has 37 heavy (non-hydrogen) atoms. The molecule has 2 aliphatic rings. The monoisotopic (exact) mass is 497 g/mol. The zero-order valence-electron chi connectivity index (χ0n) is 21.3.